The van der Waals surface area contributed by atoms with E-state index in [-0.39, 0.29) is 0 Å². The second-order valence-corrected chi connectivity index (χ2v) is 4.39. The van der Waals surface area contributed by atoms with Gasteiger partial charge in [-0.2, -0.15) is 0 Å². The SMILES string of the molecule is Cc1nc2c(C)c(C)c(C)c(C)c2nc1N. The van der Waals surface area contributed by atoms with Crippen LogP contribution in [0.3, 0.4) is 0 Å². The van der Waals surface area contributed by atoms with Crippen molar-refractivity contribution >= 4 is 16.9 Å². The van der Waals surface area contributed by atoms with E-state index in [1.807, 2.05) is 6.92 Å². The summed E-state index contributed by atoms with van der Waals surface area (Å²) in [6.07, 6.45) is 0. The maximum Gasteiger partial charge on any atom is 0.145 e. The zero-order valence-electron chi connectivity index (χ0n) is 10.5. The van der Waals surface area contributed by atoms with Crippen LogP contribution in [-0.2, 0) is 0 Å². The van der Waals surface area contributed by atoms with Gasteiger partial charge in [-0.1, -0.05) is 0 Å². The molecule has 84 valence electrons. The predicted molar refractivity (Wildman–Crippen MR) is 67.6 cm³/mol. The van der Waals surface area contributed by atoms with Gasteiger partial charge in [-0.3, -0.25) is 0 Å². The van der Waals surface area contributed by atoms with Gasteiger partial charge in [-0.25, -0.2) is 9.97 Å². The van der Waals surface area contributed by atoms with Gasteiger partial charge in [0.25, 0.3) is 0 Å². The van der Waals surface area contributed by atoms with Crippen LogP contribution >= 0.6 is 0 Å². The van der Waals surface area contributed by atoms with Crippen molar-refractivity contribution in [1.82, 2.24) is 9.97 Å². The van der Waals surface area contributed by atoms with E-state index in [9.17, 15) is 0 Å². The molecule has 16 heavy (non-hydrogen) atoms. The molecule has 0 unspecified atom stereocenters. The number of aryl methyl sites for hydroxylation is 3. The van der Waals surface area contributed by atoms with Crippen molar-refractivity contribution in [3.63, 3.8) is 0 Å². The van der Waals surface area contributed by atoms with E-state index in [2.05, 4.69) is 37.7 Å². The lowest BCUT2D eigenvalue weighted by Gasteiger charge is -2.13. The average Bonchev–Trinajstić information content (AvgIpc) is 2.26. The molecule has 0 saturated carbocycles. The minimum atomic E-state index is 0.526. The van der Waals surface area contributed by atoms with Crippen molar-refractivity contribution in [2.45, 2.75) is 34.6 Å². The van der Waals surface area contributed by atoms with Crippen molar-refractivity contribution in [3.8, 4) is 0 Å². The molecular weight excluding hydrogens is 198 g/mol. The molecule has 0 spiro atoms. The van der Waals surface area contributed by atoms with E-state index in [1.165, 1.54) is 22.3 Å². The van der Waals surface area contributed by atoms with Gasteiger partial charge in [-0.05, 0) is 56.9 Å². The van der Waals surface area contributed by atoms with Gasteiger partial charge in [0.05, 0.1) is 16.7 Å². The van der Waals surface area contributed by atoms with Crippen LogP contribution in [0.1, 0.15) is 27.9 Å². The first-order valence-electron chi connectivity index (χ1n) is 5.43. The zero-order chi connectivity index (χ0) is 12.0. The van der Waals surface area contributed by atoms with Gasteiger partial charge >= 0.3 is 0 Å². The van der Waals surface area contributed by atoms with Crippen LogP contribution in [0.15, 0.2) is 0 Å². The van der Waals surface area contributed by atoms with Crippen LogP contribution in [0.5, 0.6) is 0 Å². The van der Waals surface area contributed by atoms with Crippen LogP contribution in [-0.4, -0.2) is 9.97 Å². The molecule has 0 saturated heterocycles. The summed E-state index contributed by atoms with van der Waals surface area (Å²) in [6, 6.07) is 0. The number of benzene rings is 1. The predicted octanol–water partition coefficient (Wildman–Crippen LogP) is 2.75. The smallest absolute Gasteiger partial charge is 0.145 e. The van der Waals surface area contributed by atoms with Crippen LogP contribution in [0.25, 0.3) is 11.0 Å². The van der Waals surface area contributed by atoms with Gasteiger partial charge in [0, 0.05) is 0 Å². The first-order chi connectivity index (χ1) is 7.43. The second kappa shape index (κ2) is 3.44. The molecular formula is C13H17N3. The van der Waals surface area contributed by atoms with Crippen molar-refractivity contribution in [2.24, 2.45) is 0 Å². The fourth-order valence-corrected chi connectivity index (χ4v) is 1.97. The van der Waals surface area contributed by atoms with E-state index < -0.39 is 0 Å². The molecule has 3 nitrogen and oxygen atoms in total. The minimum absolute atomic E-state index is 0.526. The summed E-state index contributed by atoms with van der Waals surface area (Å²) in [5.41, 5.74) is 13.5. The quantitative estimate of drug-likeness (QED) is 0.735. The summed E-state index contributed by atoms with van der Waals surface area (Å²) < 4.78 is 0. The lowest BCUT2D eigenvalue weighted by Crippen LogP contribution is -2.03. The molecule has 1 aromatic heterocycles. The van der Waals surface area contributed by atoms with Crippen LogP contribution in [0.4, 0.5) is 5.82 Å². The maximum atomic E-state index is 5.82. The molecule has 0 amide bonds. The van der Waals surface area contributed by atoms with E-state index in [0.29, 0.717) is 5.82 Å². The molecule has 2 N–H and O–H groups in total. The summed E-state index contributed by atoms with van der Waals surface area (Å²) in [5.74, 6) is 0.526. The number of nitrogens with zero attached hydrogens (tertiary/aromatic N) is 2. The molecule has 0 aliphatic heterocycles. The minimum Gasteiger partial charge on any atom is -0.382 e. The number of nitrogens with two attached hydrogens (primary N) is 1. The first-order valence-corrected chi connectivity index (χ1v) is 5.43. The zero-order valence-corrected chi connectivity index (χ0v) is 10.5. The monoisotopic (exact) mass is 215 g/mol. The lowest BCUT2D eigenvalue weighted by atomic mass is 9.97. The van der Waals surface area contributed by atoms with Crippen LogP contribution < -0.4 is 5.73 Å². The fourth-order valence-electron chi connectivity index (χ4n) is 1.97. The molecule has 1 heterocycles. The lowest BCUT2D eigenvalue weighted by molar-refractivity contribution is 1.15. The molecule has 0 radical (unpaired) electrons. The maximum absolute atomic E-state index is 5.82. The van der Waals surface area contributed by atoms with Crippen molar-refractivity contribution in [1.29, 1.82) is 0 Å². The van der Waals surface area contributed by atoms with E-state index in [0.717, 1.165) is 16.7 Å². The van der Waals surface area contributed by atoms with E-state index >= 15 is 0 Å². The highest BCUT2D eigenvalue weighted by atomic mass is 14.9. The van der Waals surface area contributed by atoms with Gasteiger partial charge < -0.3 is 5.73 Å². The number of anilines is 1. The Hall–Kier alpha value is -1.64. The Morgan fingerprint density at radius 3 is 1.62 bits per heavy atom. The first kappa shape index (κ1) is 10.9. The molecule has 2 aromatic rings. The van der Waals surface area contributed by atoms with Crippen LogP contribution in [0, 0.1) is 34.6 Å². The molecule has 3 heteroatoms. The molecule has 1 aromatic carbocycles. The fraction of sp³-hybridized carbons (Fsp3) is 0.385. The highest BCUT2D eigenvalue weighted by molar-refractivity contribution is 5.85. The van der Waals surface area contributed by atoms with Crippen molar-refractivity contribution in [2.75, 3.05) is 5.73 Å². The summed E-state index contributed by atoms with van der Waals surface area (Å²) in [7, 11) is 0. The van der Waals surface area contributed by atoms with Crippen molar-refractivity contribution < 1.29 is 0 Å². The third kappa shape index (κ3) is 1.35. The average molecular weight is 215 g/mol. The number of nitrogen functional groups attached to an aromatic ring is 1. The Balaban J connectivity index is 3.02. The van der Waals surface area contributed by atoms with E-state index in [1.54, 1.807) is 0 Å². The van der Waals surface area contributed by atoms with Gasteiger partial charge in [0.2, 0.25) is 0 Å². The highest BCUT2D eigenvalue weighted by Crippen LogP contribution is 2.27. The third-order valence-corrected chi connectivity index (χ3v) is 3.50. The Kier molecular flexibility index (Phi) is 2.34. The third-order valence-electron chi connectivity index (χ3n) is 3.50. The number of hydrogen-bond acceptors (Lipinski definition) is 3. The largest absolute Gasteiger partial charge is 0.382 e. The number of rotatable bonds is 0. The van der Waals surface area contributed by atoms with E-state index in [4.69, 9.17) is 5.73 Å². The molecule has 0 atom stereocenters. The van der Waals surface area contributed by atoms with Crippen molar-refractivity contribution in [3.05, 3.63) is 27.9 Å². The number of fused-ring (bicyclic) bond motifs is 1. The topological polar surface area (TPSA) is 51.8 Å². The Labute approximate surface area is 95.7 Å². The normalized spacial score (nSPS) is 11.1. The summed E-state index contributed by atoms with van der Waals surface area (Å²) in [5, 5.41) is 0. The molecule has 0 fully saturated rings. The Morgan fingerprint density at radius 1 is 0.688 bits per heavy atom. The highest BCUT2D eigenvalue weighted by Gasteiger charge is 2.12. The summed E-state index contributed by atoms with van der Waals surface area (Å²) in [4.78, 5) is 9.00. The molecule has 0 aliphatic carbocycles. The summed E-state index contributed by atoms with van der Waals surface area (Å²) in [6.45, 7) is 10.3. The standard InChI is InChI=1S/C13H17N3/c1-6-7(2)9(4)12-11(8(6)3)15-10(5)13(14)16-12/h1-5H3,(H2,14,16). The number of aromatic nitrogens is 2. The second-order valence-electron chi connectivity index (χ2n) is 4.39. The summed E-state index contributed by atoms with van der Waals surface area (Å²) >= 11 is 0. The van der Waals surface area contributed by atoms with Crippen LogP contribution in [0.2, 0.25) is 0 Å². The van der Waals surface area contributed by atoms with Gasteiger partial charge in [-0.15, -0.1) is 0 Å². The number of hydrogen-bond donors (Lipinski definition) is 1. The molecule has 0 aliphatic rings. The molecule has 2 rings (SSSR count). The molecule has 0 bridgehead atoms. The van der Waals surface area contributed by atoms with Gasteiger partial charge in [0.15, 0.2) is 0 Å². The Bertz CT molecular complexity index is 533. The van der Waals surface area contributed by atoms with Gasteiger partial charge in [0.1, 0.15) is 5.82 Å². The Morgan fingerprint density at radius 2 is 1.12 bits per heavy atom.